The maximum Gasteiger partial charge on any atom is 0.252 e. The molecule has 1 saturated heterocycles. The molecule has 0 radical (unpaired) electrons. The van der Waals surface area contributed by atoms with E-state index in [1.54, 1.807) is 24.5 Å². The molecule has 1 fully saturated rings. The number of hydrogen-bond acceptors (Lipinski definition) is 4. The maximum absolute atomic E-state index is 12.6. The summed E-state index contributed by atoms with van der Waals surface area (Å²) in [7, 11) is -3.44. The summed E-state index contributed by atoms with van der Waals surface area (Å²) in [6.07, 6.45) is 5.25. The summed E-state index contributed by atoms with van der Waals surface area (Å²) in [5, 5.41) is 0. The third-order valence-electron chi connectivity index (χ3n) is 3.43. The van der Waals surface area contributed by atoms with E-state index in [-0.39, 0.29) is 5.92 Å². The molecule has 0 saturated carbocycles. The number of piperidine rings is 1. The highest BCUT2D eigenvalue weighted by atomic mass is 35.5. The summed E-state index contributed by atoms with van der Waals surface area (Å²) in [5.41, 5.74) is 0. The van der Waals surface area contributed by atoms with Crippen LogP contribution in [0.15, 0.2) is 28.7 Å². The third-order valence-corrected chi connectivity index (χ3v) is 7.00. The first-order valence-electron chi connectivity index (χ1n) is 6.32. The Labute approximate surface area is 126 Å². The van der Waals surface area contributed by atoms with E-state index in [0.29, 0.717) is 21.6 Å². The SMILES string of the molecule is O=S(=O)(c1ccc(Cl)s1)N1CCCC(c2ncc[nH]2)C1. The smallest absolute Gasteiger partial charge is 0.252 e. The summed E-state index contributed by atoms with van der Waals surface area (Å²) in [4.78, 5) is 7.31. The number of aromatic amines is 1. The Morgan fingerprint density at radius 2 is 2.30 bits per heavy atom. The van der Waals surface area contributed by atoms with Gasteiger partial charge in [0.15, 0.2) is 0 Å². The minimum atomic E-state index is -3.44. The number of halogens is 1. The molecule has 108 valence electrons. The van der Waals surface area contributed by atoms with Crippen LogP contribution < -0.4 is 0 Å². The minimum absolute atomic E-state index is 0.129. The second kappa shape index (κ2) is 5.48. The fourth-order valence-corrected chi connectivity index (χ4v) is 5.61. The highest BCUT2D eigenvalue weighted by molar-refractivity contribution is 7.91. The number of imidazole rings is 1. The molecule has 20 heavy (non-hydrogen) atoms. The van der Waals surface area contributed by atoms with Gasteiger partial charge in [0.25, 0.3) is 10.0 Å². The minimum Gasteiger partial charge on any atom is -0.348 e. The fraction of sp³-hybridized carbons (Fsp3) is 0.417. The number of hydrogen-bond donors (Lipinski definition) is 1. The predicted molar refractivity (Wildman–Crippen MR) is 78.7 cm³/mol. The van der Waals surface area contributed by atoms with Crippen LogP contribution in [0.4, 0.5) is 0 Å². The van der Waals surface area contributed by atoms with Crippen molar-refractivity contribution in [2.45, 2.75) is 23.0 Å². The van der Waals surface area contributed by atoms with Gasteiger partial charge in [-0.15, -0.1) is 11.3 Å². The van der Waals surface area contributed by atoms with Crippen molar-refractivity contribution >= 4 is 33.0 Å². The Bertz CT molecular complexity index is 681. The molecule has 2 aromatic heterocycles. The molecule has 0 amide bonds. The largest absolute Gasteiger partial charge is 0.348 e. The van der Waals surface area contributed by atoms with Crippen molar-refractivity contribution in [3.63, 3.8) is 0 Å². The molecular formula is C12H14ClN3O2S2. The summed E-state index contributed by atoms with van der Waals surface area (Å²) in [6.45, 7) is 1.01. The van der Waals surface area contributed by atoms with Gasteiger partial charge in [-0.3, -0.25) is 0 Å². The quantitative estimate of drug-likeness (QED) is 0.940. The Kier molecular flexibility index (Phi) is 3.85. The molecule has 0 aliphatic carbocycles. The van der Waals surface area contributed by atoms with Crippen LogP contribution in [0.1, 0.15) is 24.6 Å². The highest BCUT2D eigenvalue weighted by Crippen LogP contribution is 2.32. The Morgan fingerprint density at radius 1 is 1.45 bits per heavy atom. The number of nitrogens with one attached hydrogen (secondary N) is 1. The van der Waals surface area contributed by atoms with Gasteiger partial charge in [-0.2, -0.15) is 4.31 Å². The van der Waals surface area contributed by atoms with E-state index < -0.39 is 10.0 Å². The topological polar surface area (TPSA) is 66.1 Å². The molecule has 1 unspecified atom stereocenters. The molecule has 0 bridgehead atoms. The molecule has 0 spiro atoms. The highest BCUT2D eigenvalue weighted by Gasteiger charge is 2.32. The van der Waals surface area contributed by atoms with Crippen molar-refractivity contribution in [2.24, 2.45) is 0 Å². The second-order valence-electron chi connectivity index (χ2n) is 4.74. The van der Waals surface area contributed by atoms with Crippen LogP contribution in [0.25, 0.3) is 0 Å². The molecule has 1 aliphatic heterocycles. The first-order chi connectivity index (χ1) is 9.57. The van der Waals surface area contributed by atoms with Crippen molar-refractivity contribution in [3.05, 3.63) is 34.7 Å². The van der Waals surface area contributed by atoms with Crippen LogP contribution in [0.3, 0.4) is 0 Å². The average Bonchev–Trinajstić information content (AvgIpc) is 3.10. The molecule has 2 aromatic rings. The lowest BCUT2D eigenvalue weighted by atomic mass is 9.99. The van der Waals surface area contributed by atoms with Crippen LogP contribution in [0.2, 0.25) is 4.34 Å². The lowest BCUT2D eigenvalue weighted by Crippen LogP contribution is -2.39. The average molecular weight is 332 g/mol. The normalized spacial score (nSPS) is 21.1. The molecule has 3 rings (SSSR count). The number of nitrogens with zero attached hydrogens (tertiary/aromatic N) is 2. The van der Waals surface area contributed by atoms with E-state index in [4.69, 9.17) is 11.6 Å². The Morgan fingerprint density at radius 3 is 2.95 bits per heavy atom. The molecule has 8 heteroatoms. The zero-order chi connectivity index (χ0) is 14.2. The number of sulfonamides is 1. The van der Waals surface area contributed by atoms with Gasteiger partial charge >= 0.3 is 0 Å². The lowest BCUT2D eigenvalue weighted by molar-refractivity contribution is 0.310. The zero-order valence-electron chi connectivity index (χ0n) is 10.6. The van der Waals surface area contributed by atoms with E-state index in [1.807, 2.05) is 0 Å². The van der Waals surface area contributed by atoms with Gasteiger partial charge in [0.2, 0.25) is 0 Å². The standard InChI is InChI=1S/C12H14ClN3O2S2/c13-10-3-4-11(19-10)20(17,18)16-7-1-2-9(8-16)12-14-5-6-15-12/h3-6,9H,1-2,7-8H2,(H,14,15). The van der Waals surface area contributed by atoms with Gasteiger partial charge in [-0.1, -0.05) is 11.6 Å². The molecule has 0 aromatic carbocycles. The monoisotopic (exact) mass is 331 g/mol. The van der Waals surface area contributed by atoms with Gasteiger partial charge in [0.1, 0.15) is 10.0 Å². The van der Waals surface area contributed by atoms with Crippen molar-refractivity contribution < 1.29 is 8.42 Å². The van der Waals surface area contributed by atoms with E-state index in [0.717, 1.165) is 30.0 Å². The van der Waals surface area contributed by atoms with Crippen molar-refractivity contribution in [1.29, 1.82) is 0 Å². The molecule has 1 atom stereocenters. The summed E-state index contributed by atoms with van der Waals surface area (Å²) in [5.74, 6) is 0.984. The fourth-order valence-electron chi connectivity index (χ4n) is 2.45. The summed E-state index contributed by atoms with van der Waals surface area (Å²) < 4.78 is 27.5. The summed E-state index contributed by atoms with van der Waals surface area (Å²) in [6, 6.07) is 3.19. The molecule has 3 heterocycles. The third kappa shape index (κ3) is 2.63. The predicted octanol–water partition coefficient (Wildman–Crippen LogP) is 2.69. The number of aromatic nitrogens is 2. The Hall–Kier alpha value is -0.890. The first kappa shape index (κ1) is 14.1. The van der Waals surface area contributed by atoms with Crippen LogP contribution in [-0.4, -0.2) is 35.8 Å². The second-order valence-corrected chi connectivity index (χ2v) is 8.62. The van der Waals surface area contributed by atoms with E-state index >= 15 is 0 Å². The van der Waals surface area contributed by atoms with Crippen LogP contribution >= 0.6 is 22.9 Å². The number of H-pyrrole nitrogens is 1. The van der Waals surface area contributed by atoms with E-state index in [1.165, 1.54) is 4.31 Å². The Balaban J connectivity index is 1.83. The van der Waals surface area contributed by atoms with Crippen molar-refractivity contribution in [1.82, 2.24) is 14.3 Å². The van der Waals surface area contributed by atoms with Crippen LogP contribution in [0.5, 0.6) is 0 Å². The van der Waals surface area contributed by atoms with Gasteiger partial charge < -0.3 is 4.98 Å². The molecular weight excluding hydrogens is 318 g/mol. The zero-order valence-corrected chi connectivity index (χ0v) is 13.0. The van der Waals surface area contributed by atoms with Gasteiger partial charge in [-0.05, 0) is 25.0 Å². The number of rotatable bonds is 3. The van der Waals surface area contributed by atoms with Crippen LogP contribution in [-0.2, 0) is 10.0 Å². The molecule has 5 nitrogen and oxygen atoms in total. The lowest BCUT2D eigenvalue weighted by Gasteiger charge is -2.30. The first-order valence-corrected chi connectivity index (χ1v) is 8.95. The van der Waals surface area contributed by atoms with Crippen molar-refractivity contribution in [3.8, 4) is 0 Å². The van der Waals surface area contributed by atoms with Crippen LogP contribution in [0, 0.1) is 0 Å². The van der Waals surface area contributed by atoms with Gasteiger partial charge in [-0.25, -0.2) is 13.4 Å². The van der Waals surface area contributed by atoms with Crippen molar-refractivity contribution in [2.75, 3.05) is 13.1 Å². The summed E-state index contributed by atoms with van der Waals surface area (Å²) >= 11 is 6.94. The molecule has 1 aliphatic rings. The molecule has 1 N–H and O–H groups in total. The van der Waals surface area contributed by atoms with Gasteiger partial charge in [0, 0.05) is 31.4 Å². The van der Waals surface area contributed by atoms with E-state index in [2.05, 4.69) is 9.97 Å². The van der Waals surface area contributed by atoms with E-state index in [9.17, 15) is 8.42 Å². The maximum atomic E-state index is 12.6. The van der Waals surface area contributed by atoms with Gasteiger partial charge in [0.05, 0.1) is 4.34 Å². The number of thiophene rings is 1.